The lowest BCUT2D eigenvalue weighted by Gasteiger charge is -2.01. The van der Waals surface area contributed by atoms with Gasteiger partial charge in [0, 0.05) is 0 Å². The molecule has 0 saturated carbocycles. The molecule has 0 fully saturated rings. The molecular formula is C10H14O5-2. The molecule has 0 bridgehead atoms. The maximum Gasteiger partial charge on any atom is -0.0219 e. The molecule has 0 spiro atoms. The van der Waals surface area contributed by atoms with Gasteiger partial charge in [-0.25, -0.2) is 0 Å². The fourth-order valence-electron chi connectivity index (χ4n) is 0.838. The van der Waals surface area contributed by atoms with Gasteiger partial charge in [0.2, 0.25) is 0 Å². The van der Waals surface area contributed by atoms with Gasteiger partial charge < -0.3 is 15.0 Å². The predicted octanol–water partition coefficient (Wildman–Crippen LogP) is 0.380. The van der Waals surface area contributed by atoms with Gasteiger partial charge in [0.25, 0.3) is 0 Å². The Labute approximate surface area is 88.2 Å². The third kappa shape index (κ3) is 12.4. The molecule has 86 valence electrons. The van der Waals surface area contributed by atoms with Crippen LogP contribution in [0.25, 0.3) is 0 Å². The topological polar surface area (TPSA) is 104 Å². The van der Waals surface area contributed by atoms with E-state index in [-0.39, 0.29) is 0 Å². The molecular weight excluding hydrogens is 200 g/mol. The number of carboxylic acid groups (broad SMARTS) is 2. The maximum absolute atomic E-state index is 8.33. The monoisotopic (exact) mass is 214 g/mol. The predicted molar refractivity (Wildman–Crippen MR) is 51.2 cm³/mol. The lowest BCUT2D eigenvalue weighted by atomic mass is 10.0. The molecule has 1 aromatic carbocycles. The Kier molecular flexibility index (Phi) is 11.1. The van der Waals surface area contributed by atoms with Crippen LogP contribution in [0.2, 0.25) is 0 Å². The van der Waals surface area contributed by atoms with E-state index >= 15 is 0 Å². The van der Waals surface area contributed by atoms with Crippen molar-refractivity contribution in [3.05, 3.63) is 35.9 Å². The van der Waals surface area contributed by atoms with Gasteiger partial charge in [0.1, 0.15) is 0 Å². The summed E-state index contributed by atoms with van der Waals surface area (Å²) >= 11 is 0. The lowest BCUT2D eigenvalue weighted by Crippen LogP contribution is -2.37. The van der Waals surface area contributed by atoms with Crippen molar-refractivity contribution in [3.8, 4) is 0 Å². The summed E-state index contributed by atoms with van der Waals surface area (Å²) in [6.45, 7) is 4.41. The number of hydrogen-bond donors (Lipinski definition) is 2. The molecule has 5 heteroatoms. The van der Waals surface area contributed by atoms with E-state index in [0.29, 0.717) is 5.92 Å². The highest BCUT2D eigenvalue weighted by Crippen LogP contribution is 2.11. The fourth-order valence-corrected chi connectivity index (χ4v) is 0.838. The summed E-state index contributed by atoms with van der Waals surface area (Å²) in [4.78, 5) is 8.33. The smallest absolute Gasteiger partial charge is 0.0219 e. The average molecular weight is 214 g/mol. The van der Waals surface area contributed by atoms with Gasteiger partial charge in [-0.2, -0.15) is 0 Å². The minimum absolute atomic E-state index is 0.659. The third-order valence-corrected chi connectivity index (χ3v) is 1.47. The van der Waals surface area contributed by atoms with E-state index in [9.17, 15) is 0 Å². The van der Waals surface area contributed by atoms with E-state index in [2.05, 4.69) is 38.1 Å². The molecule has 1 rings (SSSR count). The molecule has 15 heavy (non-hydrogen) atoms. The normalized spacial score (nSPS) is 8.07. The molecule has 0 aromatic heterocycles. The van der Waals surface area contributed by atoms with E-state index in [0.717, 1.165) is 0 Å². The zero-order chi connectivity index (χ0) is 12.3. The van der Waals surface area contributed by atoms with Crippen LogP contribution in [0, 0.1) is 0 Å². The fraction of sp³-hybridized carbons (Fsp3) is 0.300. The van der Waals surface area contributed by atoms with Gasteiger partial charge in [-0.1, -0.05) is 44.2 Å². The Balaban J connectivity index is 0. The Hall–Kier alpha value is -1.59. The second kappa shape index (κ2) is 10.5. The van der Waals surface area contributed by atoms with E-state index in [1.54, 1.807) is 0 Å². The van der Waals surface area contributed by atoms with Gasteiger partial charge in [0.05, 0.1) is 0 Å². The third-order valence-electron chi connectivity index (χ3n) is 1.47. The summed E-state index contributed by atoms with van der Waals surface area (Å²) in [5, 5.41) is 28.7. The zero-order valence-corrected chi connectivity index (χ0v) is 8.58. The maximum atomic E-state index is 8.33. The average Bonchev–Trinajstić information content (AvgIpc) is 2.21. The largest absolute Gasteiger partial charge is 0.652 e. The van der Waals surface area contributed by atoms with Crippen molar-refractivity contribution in [3.63, 3.8) is 0 Å². The van der Waals surface area contributed by atoms with Gasteiger partial charge in [-0.05, 0) is 17.6 Å². The molecule has 1 aromatic rings. The Morgan fingerprint density at radius 3 is 1.67 bits per heavy atom. The van der Waals surface area contributed by atoms with Crippen LogP contribution in [0.3, 0.4) is 0 Å². The van der Waals surface area contributed by atoms with E-state index in [1.807, 2.05) is 6.07 Å². The number of hydrogen-bond acceptors (Lipinski definition) is 5. The molecule has 0 aliphatic carbocycles. The van der Waals surface area contributed by atoms with Crippen LogP contribution in [0.15, 0.2) is 30.3 Å². The number of carbonyl (C=O) groups excluding carboxylic acids is 1. The molecule has 0 saturated heterocycles. The highest BCUT2D eigenvalue weighted by molar-refractivity contribution is 5.47. The van der Waals surface area contributed by atoms with Gasteiger partial charge >= 0.3 is 0 Å². The number of rotatable bonds is 1. The summed E-state index contributed by atoms with van der Waals surface area (Å²) in [6.07, 6.45) is -2.33. The first-order chi connectivity index (χ1) is 7.04. The molecule has 0 aliphatic heterocycles. The van der Waals surface area contributed by atoms with Crippen molar-refractivity contribution in [2.45, 2.75) is 19.8 Å². The van der Waals surface area contributed by atoms with Crippen molar-refractivity contribution >= 4 is 6.16 Å². The first kappa shape index (κ1) is 15.9. The van der Waals surface area contributed by atoms with Crippen LogP contribution in [-0.2, 0) is 0 Å². The number of benzene rings is 1. The van der Waals surface area contributed by atoms with Crippen molar-refractivity contribution in [1.82, 2.24) is 0 Å². The van der Waals surface area contributed by atoms with Crippen LogP contribution < -0.4 is 10.2 Å². The van der Waals surface area contributed by atoms with E-state index in [4.69, 9.17) is 25.5 Å². The van der Waals surface area contributed by atoms with E-state index in [1.165, 1.54) is 5.56 Å². The molecule has 0 atom stereocenters. The SMILES string of the molecule is CC(C)c1ccccc1.O=C([O-])[O-].OO. The van der Waals surface area contributed by atoms with Crippen LogP contribution in [0.1, 0.15) is 25.3 Å². The van der Waals surface area contributed by atoms with Crippen molar-refractivity contribution in [1.29, 1.82) is 0 Å². The minimum atomic E-state index is -2.33. The summed E-state index contributed by atoms with van der Waals surface area (Å²) in [5.74, 6) is 0.659. The first-order valence-electron chi connectivity index (χ1n) is 4.17. The summed E-state index contributed by atoms with van der Waals surface area (Å²) in [7, 11) is 0. The molecule has 0 aliphatic rings. The van der Waals surface area contributed by atoms with Gasteiger partial charge in [-0.3, -0.25) is 10.5 Å². The van der Waals surface area contributed by atoms with Gasteiger partial charge in [0.15, 0.2) is 0 Å². The first-order valence-corrected chi connectivity index (χ1v) is 4.17. The molecule has 0 amide bonds. The summed E-state index contributed by atoms with van der Waals surface area (Å²) in [5.41, 5.74) is 1.41. The van der Waals surface area contributed by atoms with Gasteiger partial charge in [-0.15, -0.1) is 0 Å². The zero-order valence-electron chi connectivity index (χ0n) is 8.58. The van der Waals surface area contributed by atoms with E-state index < -0.39 is 6.16 Å². The Bertz CT molecular complexity index is 241. The van der Waals surface area contributed by atoms with Crippen LogP contribution >= 0.6 is 0 Å². The van der Waals surface area contributed by atoms with Crippen molar-refractivity contribution < 1.29 is 25.5 Å². The lowest BCUT2D eigenvalue weighted by molar-refractivity contribution is -0.415. The summed E-state index contributed by atoms with van der Waals surface area (Å²) in [6, 6.07) is 10.5. The highest BCUT2D eigenvalue weighted by atomic mass is 17.0. The van der Waals surface area contributed by atoms with Crippen molar-refractivity contribution in [2.24, 2.45) is 0 Å². The Morgan fingerprint density at radius 2 is 1.47 bits per heavy atom. The second-order valence-electron chi connectivity index (χ2n) is 2.82. The molecule has 0 radical (unpaired) electrons. The molecule has 5 nitrogen and oxygen atoms in total. The van der Waals surface area contributed by atoms with Crippen LogP contribution in [-0.4, -0.2) is 16.7 Å². The standard InChI is InChI=1S/C9H12.CH2O3.H2O2/c1-8(2)9-6-4-3-5-7-9;2-1(3)4;1-2/h3-8H,1-2H3;(H2,2,3,4);1-2H/p-2. The minimum Gasteiger partial charge on any atom is -0.652 e. The molecule has 2 N–H and O–H groups in total. The van der Waals surface area contributed by atoms with Crippen molar-refractivity contribution in [2.75, 3.05) is 0 Å². The summed E-state index contributed by atoms with van der Waals surface area (Å²) < 4.78 is 0. The highest BCUT2D eigenvalue weighted by Gasteiger charge is 1.93. The second-order valence-corrected chi connectivity index (χ2v) is 2.82. The van der Waals surface area contributed by atoms with Crippen LogP contribution in [0.4, 0.5) is 4.79 Å². The molecule has 0 unspecified atom stereocenters. The molecule has 0 heterocycles. The Morgan fingerprint density at radius 1 is 1.13 bits per heavy atom. The van der Waals surface area contributed by atoms with Crippen LogP contribution in [0.5, 0.6) is 0 Å². The number of carbonyl (C=O) groups is 1. The quantitative estimate of drug-likeness (QED) is 0.519.